The maximum absolute atomic E-state index is 14.2. The number of aryl methyl sites for hydroxylation is 3. The topological polar surface area (TPSA) is 96.0 Å². The van der Waals surface area contributed by atoms with Gasteiger partial charge in [-0.15, -0.1) is 0 Å². The Hall–Kier alpha value is -3.85. The molecule has 0 aliphatic rings. The summed E-state index contributed by atoms with van der Waals surface area (Å²) in [7, 11) is -2.56. The molecule has 0 heterocycles. The highest BCUT2D eigenvalue weighted by Crippen LogP contribution is 2.27. The maximum Gasteiger partial charge on any atom is 0.264 e. The summed E-state index contributed by atoms with van der Waals surface area (Å²) in [4.78, 5) is 29.0. The first-order valence-electron chi connectivity index (χ1n) is 13.9. The predicted molar refractivity (Wildman–Crippen MR) is 163 cm³/mol. The van der Waals surface area contributed by atoms with Gasteiger partial charge in [0.15, 0.2) is 0 Å². The van der Waals surface area contributed by atoms with Crippen LogP contribution in [0.5, 0.6) is 5.75 Å². The molecular formula is C32H41N3O5S. The van der Waals surface area contributed by atoms with Gasteiger partial charge in [0.05, 0.1) is 17.7 Å². The lowest BCUT2D eigenvalue weighted by Gasteiger charge is -2.33. The van der Waals surface area contributed by atoms with Crippen LogP contribution in [0.15, 0.2) is 71.6 Å². The van der Waals surface area contributed by atoms with Gasteiger partial charge in [-0.3, -0.25) is 13.9 Å². The van der Waals surface area contributed by atoms with E-state index in [1.807, 2.05) is 58.9 Å². The highest BCUT2D eigenvalue weighted by atomic mass is 32.2. The molecule has 0 aliphatic heterocycles. The summed E-state index contributed by atoms with van der Waals surface area (Å²) in [5.41, 5.74) is 3.82. The van der Waals surface area contributed by atoms with E-state index in [0.717, 1.165) is 33.0 Å². The molecule has 2 amide bonds. The van der Waals surface area contributed by atoms with E-state index < -0.39 is 28.5 Å². The molecule has 41 heavy (non-hydrogen) atoms. The van der Waals surface area contributed by atoms with E-state index >= 15 is 0 Å². The molecule has 0 saturated heterocycles. The number of hydrogen-bond acceptors (Lipinski definition) is 5. The molecule has 3 aromatic carbocycles. The molecule has 8 nitrogen and oxygen atoms in total. The first kappa shape index (κ1) is 31.7. The van der Waals surface area contributed by atoms with E-state index in [2.05, 4.69) is 5.32 Å². The summed E-state index contributed by atoms with van der Waals surface area (Å²) in [5.74, 6) is -0.136. The van der Waals surface area contributed by atoms with Crippen LogP contribution < -0.4 is 14.4 Å². The number of hydrogen-bond donors (Lipinski definition) is 1. The van der Waals surface area contributed by atoms with Crippen molar-refractivity contribution in [1.82, 2.24) is 10.2 Å². The van der Waals surface area contributed by atoms with Crippen LogP contribution >= 0.6 is 0 Å². The van der Waals surface area contributed by atoms with Crippen molar-refractivity contribution < 1.29 is 22.7 Å². The minimum absolute atomic E-state index is 0.0853. The SMILES string of the molecule is CCCNC(=O)C(CC)N(Cc1cccc(OC)c1)C(=O)CN(c1cc(C)cc(C)c1)S(=O)(=O)c1ccc(C)cc1. The Balaban J connectivity index is 2.09. The third kappa shape index (κ3) is 8.10. The Morgan fingerprint density at radius 2 is 1.56 bits per heavy atom. The van der Waals surface area contributed by atoms with Gasteiger partial charge in [0.2, 0.25) is 11.8 Å². The van der Waals surface area contributed by atoms with Crippen molar-refractivity contribution >= 4 is 27.5 Å². The summed E-state index contributed by atoms with van der Waals surface area (Å²) in [6.45, 7) is 9.56. The molecular weight excluding hydrogens is 538 g/mol. The van der Waals surface area contributed by atoms with Crippen LogP contribution in [0.2, 0.25) is 0 Å². The van der Waals surface area contributed by atoms with Gasteiger partial charge in [-0.05, 0) is 86.7 Å². The van der Waals surface area contributed by atoms with E-state index in [0.29, 0.717) is 24.4 Å². The molecule has 9 heteroatoms. The predicted octanol–water partition coefficient (Wildman–Crippen LogP) is 5.15. The van der Waals surface area contributed by atoms with Crippen molar-refractivity contribution in [1.29, 1.82) is 0 Å². The number of carbonyl (C=O) groups is 2. The minimum Gasteiger partial charge on any atom is -0.497 e. The summed E-state index contributed by atoms with van der Waals surface area (Å²) < 4.78 is 34.6. The van der Waals surface area contributed by atoms with Gasteiger partial charge in [-0.1, -0.05) is 49.7 Å². The van der Waals surface area contributed by atoms with Crippen LogP contribution in [0.25, 0.3) is 0 Å². The summed E-state index contributed by atoms with van der Waals surface area (Å²) in [6.07, 6.45) is 1.11. The van der Waals surface area contributed by atoms with Crippen LogP contribution in [0, 0.1) is 20.8 Å². The zero-order valence-electron chi connectivity index (χ0n) is 24.8. The Morgan fingerprint density at radius 3 is 2.15 bits per heavy atom. The summed E-state index contributed by atoms with van der Waals surface area (Å²) in [6, 6.07) is 18.5. The van der Waals surface area contributed by atoms with Gasteiger partial charge >= 0.3 is 0 Å². The number of sulfonamides is 1. The highest BCUT2D eigenvalue weighted by Gasteiger charge is 2.33. The number of rotatable bonds is 13. The van der Waals surface area contributed by atoms with Crippen molar-refractivity contribution in [3.8, 4) is 5.75 Å². The molecule has 3 rings (SSSR count). The normalized spacial score (nSPS) is 12.0. The number of ether oxygens (including phenoxy) is 1. The monoisotopic (exact) mass is 579 g/mol. The molecule has 1 atom stereocenters. The van der Waals surface area contributed by atoms with E-state index in [4.69, 9.17) is 4.74 Å². The van der Waals surface area contributed by atoms with Crippen molar-refractivity contribution in [3.63, 3.8) is 0 Å². The van der Waals surface area contributed by atoms with Gasteiger partial charge in [-0.25, -0.2) is 8.42 Å². The van der Waals surface area contributed by atoms with Gasteiger partial charge < -0.3 is 15.0 Å². The zero-order chi connectivity index (χ0) is 30.2. The smallest absolute Gasteiger partial charge is 0.264 e. The quantitative estimate of drug-likeness (QED) is 0.302. The van der Waals surface area contributed by atoms with Gasteiger partial charge in [-0.2, -0.15) is 0 Å². The minimum atomic E-state index is -4.12. The third-order valence-electron chi connectivity index (χ3n) is 6.80. The van der Waals surface area contributed by atoms with Crippen LogP contribution in [0.1, 0.15) is 48.9 Å². The molecule has 220 valence electrons. The van der Waals surface area contributed by atoms with Crippen molar-refractivity contribution in [2.45, 2.75) is 64.9 Å². The standard InChI is InChI=1S/C32H41N3O5S/c1-7-16-33-32(37)30(8-2)34(21-26-10-9-11-28(20-26)40-6)31(36)22-35(27-18-24(4)17-25(5)19-27)41(38,39)29-14-12-23(3)13-15-29/h9-15,17-20,30H,7-8,16,21-22H2,1-6H3,(H,33,37). The van der Waals surface area contributed by atoms with E-state index in [1.54, 1.807) is 49.6 Å². The number of nitrogens with zero attached hydrogens (tertiary/aromatic N) is 2. The summed E-state index contributed by atoms with van der Waals surface area (Å²) in [5, 5.41) is 2.90. The number of nitrogens with one attached hydrogen (secondary N) is 1. The Morgan fingerprint density at radius 1 is 0.902 bits per heavy atom. The lowest BCUT2D eigenvalue weighted by Crippen LogP contribution is -2.52. The lowest BCUT2D eigenvalue weighted by molar-refractivity contribution is -0.140. The van der Waals surface area contributed by atoms with E-state index in [-0.39, 0.29) is 17.3 Å². The Kier molecular flexibility index (Phi) is 10.9. The molecule has 0 aliphatic carbocycles. The molecule has 0 aromatic heterocycles. The average molecular weight is 580 g/mol. The molecule has 1 N–H and O–H groups in total. The van der Waals surface area contributed by atoms with Gasteiger partial charge in [0, 0.05) is 13.1 Å². The van der Waals surface area contributed by atoms with Crippen LogP contribution in [-0.4, -0.2) is 51.4 Å². The molecule has 0 fully saturated rings. The van der Waals surface area contributed by atoms with Crippen molar-refractivity contribution in [2.75, 3.05) is 24.5 Å². The molecule has 3 aromatic rings. The number of methoxy groups -OCH3 is 1. The van der Waals surface area contributed by atoms with Gasteiger partial charge in [0.25, 0.3) is 10.0 Å². The van der Waals surface area contributed by atoms with E-state index in [9.17, 15) is 18.0 Å². The fourth-order valence-corrected chi connectivity index (χ4v) is 6.11. The molecule has 0 spiro atoms. The second-order valence-electron chi connectivity index (χ2n) is 10.3. The second-order valence-corrected chi connectivity index (χ2v) is 12.1. The average Bonchev–Trinajstić information content (AvgIpc) is 2.94. The third-order valence-corrected chi connectivity index (χ3v) is 8.59. The molecule has 0 radical (unpaired) electrons. The Labute approximate surface area is 244 Å². The zero-order valence-corrected chi connectivity index (χ0v) is 25.6. The highest BCUT2D eigenvalue weighted by molar-refractivity contribution is 7.92. The number of benzene rings is 3. The van der Waals surface area contributed by atoms with Gasteiger partial charge in [0.1, 0.15) is 18.3 Å². The van der Waals surface area contributed by atoms with Crippen LogP contribution in [-0.2, 0) is 26.2 Å². The number of anilines is 1. The molecule has 0 bridgehead atoms. The maximum atomic E-state index is 14.2. The Bertz CT molecular complexity index is 1430. The van der Waals surface area contributed by atoms with E-state index in [1.165, 1.54) is 4.90 Å². The number of carbonyl (C=O) groups excluding carboxylic acids is 2. The molecule has 0 saturated carbocycles. The lowest BCUT2D eigenvalue weighted by atomic mass is 10.1. The molecule has 1 unspecified atom stereocenters. The first-order valence-corrected chi connectivity index (χ1v) is 15.3. The van der Waals surface area contributed by atoms with Crippen LogP contribution in [0.4, 0.5) is 5.69 Å². The van der Waals surface area contributed by atoms with Crippen molar-refractivity contribution in [2.24, 2.45) is 0 Å². The largest absolute Gasteiger partial charge is 0.497 e. The van der Waals surface area contributed by atoms with Crippen molar-refractivity contribution in [3.05, 3.63) is 89.0 Å². The second kappa shape index (κ2) is 14.2. The number of amides is 2. The fourth-order valence-electron chi connectivity index (χ4n) is 4.71. The first-order chi connectivity index (χ1) is 19.5. The summed E-state index contributed by atoms with van der Waals surface area (Å²) >= 11 is 0. The van der Waals surface area contributed by atoms with Crippen LogP contribution in [0.3, 0.4) is 0 Å². The fraction of sp³-hybridized carbons (Fsp3) is 0.375.